The second kappa shape index (κ2) is 6.58. The zero-order valence-corrected chi connectivity index (χ0v) is 13.3. The summed E-state index contributed by atoms with van der Waals surface area (Å²) in [6.45, 7) is 5.60. The second-order valence-corrected chi connectivity index (χ2v) is 5.04. The summed E-state index contributed by atoms with van der Waals surface area (Å²) in [5.74, 6) is 0.996. The van der Waals surface area contributed by atoms with Crippen molar-refractivity contribution in [2.75, 3.05) is 13.7 Å². The van der Waals surface area contributed by atoms with E-state index < -0.39 is 5.97 Å². The van der Waals surface area contributed by atoms with E-state index in [0.29, 0.717) is 28.5 Å². The number of methoxy groups -OCH3 is 1. The molecule has 0 radical (unpaired) electrons. The summed E-state index contributed by atoms with van der Waals surface area (Å²) in [6, 6.07) is 3.57. The highest BCUT2D eigenvalue weighted by Gasteiger charge is 2.20. The van der Waals surface area contributed by atoms with E-state index in [0.717, 1.165) is 5.56 Å². The molecule has 1 aliphatic heterocycles. The van der Waals surface area contributed by atoms with Crippen LogP contribution in [0.3, 0.4) is 0 Å². The lowest BCUT2D eigenvalue weighted by Gasteiger charge is -2.12. The smallest absolute Gasteiger partial charge is 0.363 e. The van der Waals surface area contributed by atoms with Gasteiger partial charge < -0.3 is 14.2 Å². The molecule has 0 aliphatic carbocycles. The predicted molar refractivity (Wildman–Crippen MR) is 83.6 cm³/mol. The number of ether oxygens (including phenoxy) is 3. The Hall–Kier alpha value is -2.08. The summed E-state index contributed by atoms with van der Waals surface area (Å²) < 4.78 is 16.4. The SMILES string of the molecule is C=CCOc1c(Br)cc(/C=C2\N=C(C)OC2=O)cc1OC. The molecule has 0 saturated heterocycles. The average Bonchev–Trinajstić information content (AvgIpc) is 2.75. The number of rotatable bonds is 5. The first kappa shape index (κ1) is 15.3. The van der Waals surface area contributed by atoms with Crippen molar-refractivity contribution in [2.24, 2.45) is 4.99 Å². The van der Waals surface area contributed by atoms with Crippen molar-refractivity contribution in [2.45, 2.75) is 6.92 Å². The van der Waals surface area contributed by atoms with Crippen molar-refractivity contribution in [1.29, 1.82) is 0 Å². The molecule has 0 amide bonds. The van der Waals surface area contributed by atoms with Crippen molar-refractivity contribution in [3.05, 3.63) is 40.5 Å². The fourth-order valence-corrected chi connectivity index (χ4v) is 2.35. The van der Waals surface area contributed by atoms with Crippen LogP contribution in [0.4, 0.5) is 0 Å². The molecule has 0 spiro atoms. The summed E-state index contributed by atoms with van der Waals surface area (Å²) >= 11 is 3.42. The zero-order chi connectivity index (χ0) is 15.4. The molecule has 5 nitrogen and oxygen atoms in total. The van der Waals surface area contributed by atoms with E-state index in [1.54, 1.807) is 32.3 Å². The number of carbonyl (C=O) groups is 1. The maximum Gasteiger partial charge on any atom is 0.363 e. The Morgan fingerprint density at radius 2 is 2.24 bits per heavy atom. The molecular weight excluding hydrogens is 338 g/mol. The third kappa shape index (κ3) is 3.52. The van der Waals surface area contributed by atoms with E-state index in [1.165, 1.54) is 0 Å². The minimum absolute atomic E-state index is 0.251. The van der Waals surface area contributed by atoms with Crippen LogP contribution in [0.15, 0.2) is 39.9 Å². The number of hydrogen-bond acceptors (Lipinski definition) is 5. The lowest BCUT2D eigenvalue weighted by atomic mass is 10.1. The van der Waals surface area contributed by atoms with Gasteiger partial charge in [0.15, 0.2) is 23.1 Å². The van der Waals surface area contributed by atoms with Gasteiger partial charge in [-0.3, -0.25) is 0 Å². The highest BCUT2D eigenvalue weighted by Crippen LogP contribution is 2.37. The third-order valence-electron chi connectivity index (χ3n) is 2.63. The molecular formula is C15H14BrNO4. The van der Waals surface area contributed by atoms with Crippen LogP contribution in [0.25, 0.3) is 6.08 Å². The standard InChI is InChI=1S/C15H14BrNO4/c1-4-5-20-14-11(16)6-10(8-13(14)19-3)7-12-15(18)21-9(2)17-12/h4,6-8H,1,5H2,2-3H3/b12-7-. The number of nitrogens with zero attached hydrogens (tertiary/aromatic N) is 1. The molecule has 2 rings (SSSR count). The Morgan fingerprint density at radius 1 is 1.48 bits per heavy atom. The Balaban J connectivity index is 2.38. The van der Waals surface area contributed by atoms with Crippen molar-refractivity contribution in [3.8, 4) is 11.5 Å². The summed E-state index contributed by atoms with van der Waals surface area (Å²) in [5.41, 5.74) is 0.997. The molecule has 1 aromatic rings. The molecule has 0 bridgehead atoms. The fraction of sp³-hybridized carbons (Fsp3) is 0.200. The van der Waals surface area contributed by atoms with Crippen LogP contribution >= 0.6 is 15.9 Å². The van der Waals surface area contributed by atoms with Gasteiger partial charge in [-0.05, 0) is 39.7 Å². The molecule has 21 heavy (non-hydrogen) atoms. The lowest BCUT2D eigenvalue weighted by Crippen LogP contribution is -2.00. The van der Waals surface area contributed by atoms with Gasteiger partial charge in [0.05, 0.1) is 11.6 Å². The number of halogens is 1. The molecule has 1 aliphatic rings. The molecule has 0 N–H and O–H groups in total. The predicted octanol–water partition coefficient (Wildman–Crippen LogP) is 3.34. The summed E-state index contributed by atoms with van der Waals surface area (Å²) in [5, 5.41) is 0. The number of hydrogen-bond donors (Lipinski definition) is 0. The van der Waals surface area contributed by atoms with Gasteiger partial charge in [-0.25, -0.2) is 9.79 Å². The Labute approximate surface area is 131 Å². The topological polar surface area (TPSA) is 57.1 Å². The largest absolute Gasteiger partial charge is 0.493 e. The van der Waals surface area contributed by atoms with E-state index >= 15 is 0 Å². The summed E-state index contributed by atoms with van der Waals surface area (Å²) in [7, 11) is 1.55. The maximum atomic E-state index is 11.6. The van der Waals surface area contributed by atoms with Crippen molar-refractivity contribution < 1.29 is 19.0 Å². The number of cyclic esters (lactones) is 1. The molecule has 0 aromatic heterocycles. The molecule has 0 saturated carbocycles. The minimum Gasteiger partial charge on any atom is -0.493 e. The van der Waals surface area contributed by atoms with Gasteiger partial charge in [-0.2, -0.15) is 0 Å². The van der Waals surface area contributed by atoms with Crippen LogP contribution in [0.1, 0.15) is 12.5 Å². The molecule has 1 heterocycles. The molecule has 110 valence electrons. The third-order valence-corrected chi connectivity index (χ3v) is 3.22. The Kier molecular flexibility index (Phi) is 4.80. The molecule has 0 atom stereocenters. The lowest BCUT2D eigenvalue weighted by molar-refractivity contribution is -0.130. The van der Waals surface area contributed by atoms with Gasteiger partial charge in [0, 0.05) is 6.92 Å². The van der Waals surface area contributed by atoms with E-state index in [1.807, 2.05) is 6.07 Å². The normalized spacial score (nSPS) is 15.7. The summed E-state index contributed by atoms with van der Waals surface area (Å²) in [4.78, 5) is 15.6. The highest BCUT2D eigenvalue weighted by molar-refractivity contribution is 9.10. The van der Waals surface area contributed by atoms with Crippen LogP contribution in [0.2, 0.25) is 0 Å². The molecule has 1 aromatic carbocycles. The zero-order valence-electron chi connectivity index (χ0n) is 11.7. The highest BCUT2D eigenvalue weighted by atomic mass is 79.9. The van der Waals surface area contributed by atoms with E-state index in [2.05, 4.69) is 27.5 Å². The van der Waals surface area contributed by atoms with E-state index in [9.17, 15) is 4.79 Å². The van der Waals surface area contributed by atoms with Gasteiger partial charge in [0.2, 0.25) is 0 Å². The monoisotopic (exact) mass is 351 g/mol. The van der Waals surface area contributed by atoms with E-state index in [-0.39, 0.29) is 5.70 Å². The molecule has 6 heteroatoms. The first-order valence-corrected chi connectivity index (χ1v) is 6.95. The fourth-order valence-electron chi connectivity index (χ4n) is 1.78. The Morgan fingerprint density at radius 3 is 2.81 bits per heavy atom. The van der Waals surface area contributed by atoms with Crippen molar-refractivity contribution >= 4 is 33.9 Å². The van der Waals surface area contributed by atoms with Gasteiger partial charge in [0.25, 0.3) is 0 Å². The Bertz CT molecular complexity index is 649. The van der Waals surface area contributed by atoms with Crippen LogP contribution in [0.5, 0.6) is 11.5 Å². The number of carbonyl (C=O) groups excluding carboxylic acids is 1. The minimum atomic E-state index is -0.463. The van der Waals surface area contributed by atoms with Gasteiger partial charge >= 0.3 is 5.97 Å². The van der Waals surface area contributed by atoms with Crippen LogP contribution in [-0.4, -0.2) is 25.6 Å². The van der Waals surface area contributed by atoms with Crippen LogP contribution in [0, 0.1) is 0 Å². The van der Waals surface area contributed by atoms with Gasteiger partial charge in [-0.1, -0.05) is 12.7 Å². The maximum absolute atomic E-state index is 11.6. The number of aliphatic imine (C=N–C) groups is 1. The van der Waals surface area contributed by atoms with E-state index in [4.69, 9.17) is 14.2 Å². The van der Waals surface area contributed by atoms with Gasteiger partial charge in [-0.15, -0.1) is 0 Å². The summed E-state index contributed by atoms with van der Waals surface area (Å²) in [6.07, 6.45) is 3.27. The second-order valence-electron chi connectivity index (χ2n) is 4.18. The van der Waals surface area contributed by atoms with Crippen LogP contribution in [-0.2, 0) is 9.53 Å². The number of benzene rings is 1. The van der Waals surface area contributed by atoms with Crippen LogP contribution < -0.4 is 9.47 Å². The average molecular weight is 352 g/mol. The first-order valence-electron chi connectivity index (χ1n) is 6.15. The van der Waals surface area contributed by atoms with Crippen molar-refractivity contribution in [1.82, 2.24) is 0 Å². The van der Waals surface area contributed by atoms with Crippen molar-refractivity contribution in [3.63, 3.8) is 0 Å². The first-order chi connectivity index (χ1) is 10.0. The number of esters is 1. The van der Waals surface area contributed by atoms with Gasteiger partial charge in [0.1, 0.15) is 6.61 Å². The quantitative estimate of drug-likeness (QED) is 0.463. The molecule has 0 fully saturated rings. The molecule has 0 unspecified atom stereocenters.